The maximum absolute atomic E-state index is 12.6. The lowest BCUT2D eigenvalue weighted by molar-refractivity contribution is 0.103. The molecule has 0 saturated carbocycles. The van der Waals surface area contributed by atoms with Crippen LogP contribution in [-0.4, -0.2) is 10.9 Å². The maximum Gasteiger partial charge on any atom is 0.269 e. The molecule has 6 heteroatoms. The third-order valence-corrected chi connectivity index (χ3v) is 6.18. The van der Waals surface area contributed by atoms with E-state index in [1.165, 1.54) is 22.7 Å². The number of hydrogen-bond acceptors (Lipinski definition) is 4. The van der Waals surface area contributed by atoms with E-state index in [1.54, 1.807) is 0 Å². The topological polar surface area (TPSA) is 42.0 Å². The van der Waals surface area contributed by atoms with Crippen LogP contribution in [0, 0.1) is 6.92 Å². The number of benzene rings is 2. The quantitative estimate of drug-likeness (QED) is 0.497. The molecule has 1 amide bonds. The zero-order valence-corrected chi connectivity index (χ0v) is 14.5. The summed E-state index contributed by atoms with van der Waals surface area (Å²) in [6, 6.07) is 13.7. The molecule has 2 aromatic carbocycles. The van der Waals surface area contributed by atoms with Gasteiger partial charge >= 0.3 is 0 Å². The Bertz CT molecular complexity index is 1020. The number of nitrogens with zero attached hydrogens (tertiary/aromatic N) is 1. The van der Waals surface area contributed by atoms with Crippen LogP contribution in [0.3, 0.4) is 0 Å². The molecule has 0 fully saturated rings. The maximum atomic E-state index is 12.6. The lowest BCUT2D eigenvalue weighted by atomic mass is 10.1. The number of hydrogen-bond donors (Lipinski definition) is 1. The van der Waals surface area contributed by atoms with E-state index in [0.29, 0.717) is 15.0 Å². The van der Waals surface area contributed by atoms with Gasteiger partial charge in [0.05, 0.1) is 15.2 Å². The lowest BCUT2D eigenvalue weighted by Gasteiger charge is -1.99. The van der Waals surface area contributed by atoms with Crippen LogP contribution < -0.4 is 5.32 Å². The predicted octanol–water partition coefficient (Wildman–Crippen LogP) is 5.73. The predicted molar refractivity (Wildman–Crippen MR) is 99.1 cm³/mol. The number of amides is 1. The first-order valence-electron chi connectivity index (χ1n) is 6.98. The van der Waals surface area contributed by atoms with Crippen LogP contribution in [0.15, 0.2) is 42.5 Å². The Morgan fingerprint density at radius 3 is 2.65 bits per heavy atom. The van der Waals surface area contributed by atoms with Crippen molar-refractivity contribution in [2.45, 2.75) is 6.92 Å². The number of para-hydroxylation sites is 1. The van der Waals surface area contributed by atoms with E-state index >= 15 is 0 Å². The van der Waals surface area contributed by atoms with Crippen LogP contribution in [0.1, 0.15) is 15.2 Å². The SMILES string of the molecule is Cc1cccc2sc(C(=O)Nc3nc4ccccc4s3)c(Cl)c12. The highest BCUT2D eigenvalue weighted by Crippen LogP contribution is 2.38. The average Bonchev–Trinajstić information content (AvgIpc) is 3.08. The van der Waals surface area contributed by atoms with Crippen molar-refractivity contribution in [2.75, 3.05) is 5.32 Å². The number of aromatic nitrogens is 1. The first-order chi connectivity index (χ1) is 11.1. The van der Waals surface area contributed by atoms with E-state index in [0.717, 1.165) is 25.9 Å². The molecule has 0 spiro atoms. The minimum Gasteiger partial charge on any atom is -0.297 e. The van der Waals surface area contributed by atoms with Crippen LogP contribution in [0.2, 0.25) is 5.02 Å². The Morgan fingerprint density at radius 1 is 1.09 bits per heavy atom. The molecule has 0 aliphatic heterocycles. The second-order valence-corrected chi connectivity index (χ2v) is 7.59. The van der Waals surface area contributed by atoms with Crippen molar-refractivity contribution in [3.05, 3.63) is 57.9 Å². The molecule has 0 aliphatic carbocycles. The summed E-state index contributed by atoms with van der Waals surface area (Å²) in [5.74, 6) is -0.213. The summed E-state index contributed by atoms with van der Waals surface area (Å²) in [6.07, 6.45) is 0. The number of halogens is 1. The Labute approximate surface area is 145 Å². The van der Waals surface area contributed by atoms with Crippen molar-refractivity contribution in [3.63, 3.8) is 0 Å². The largest absolute Gasteiger partial charge is 0.297 e. The summed E-state index contributed by atoms with van der Waals surface area (Å²) in [5, 5.41) is 4.92. The Balaban J connectivity index is 1.71. The zero-order valence-electron chi connectivity index (χ0n) is 12.1. The molecule has 2 heterocycles. The number of carbonyl (C=O) groups excluding carboxylic acids is 1. The van der Waals surface area contributed by atoms with Gasteiger partial charge in [0.15, 0.2) is 5.13 Å². The fourth-order valence-electron chi connectivity index (χ4n) is 2.50. The standard InChI is InChI=1S/C17H11ClN2OS2/c1-9-5-4-8-12-13(9)14(18)15(22-12)16(21)20-17-19-10-6-2-3-7-11(10)23-17/h2-8H,1H3,(H,19,20,21). The fourth-order valence-corrected chi connectivity index (χ4v) is 4.94. The molecular weight excluding hydrogens is 348 g/mol. The van der Waals surface area contributed by atoms with E-state index in [4.69, 9.17) is 11.6 Å². The molecule has 0 saturated heterocycles. The number of thiophene rings is 1. The molecule has 4 aromatic rings. The summed E-state index contributed by atoms with van der Waals surface area (Å²) in [5.41, 5.74) is 1.95. The molecule has 0 bridgehead atoms. The van der Waals surface area contributed by atoms with E-state index in [-0.39, 0.29) is 5.91 Å². The number of fused-ring (bicyclic) bond motifs is 2. The van der Waals surface area contributed by atoms with Gasteiger partial charge in [-0.25, -0.2) is 4.98 Å². The normalized spacial score (nSPS) is 11.2. The van der Waals surface area contributed by atoms with E-state index < -0.39 is 0 Å². The van der Waals surface area contributed by atoms with Crippen LogP contribution >= 0.6 is 34.3 Å². The van der Waals surface area contributed by atoms with Crippen molar-refractivity contribution in [3.8, 4) is 0 Å². The number of rotatable bonds is 2. The van der Waals surface area contributed by atoms with Gasteiger partial charge in [0.2, 0.25) is 0 Å². The van der Waals surface area contributed by atoms with Crippen molar-refractivity contribution >= 4 is 65.6 Å². The van der Waals surface area contributed by atoms with E-state index in [2.05, 4.69) is 10.3 Å². The number of aryl methyl sites for hydroxylation is 1. The van der Waals surface area contributed by atoms with Gasteiger partial charge in [-0.1, -0.05) is 47.2 Å². The minimum absolute atomic E-state index is 0.213. The molecular formula is C17H11ClN2OS2. The summed E-state index contributed by atoms with van der Waals surface area (Å²) in [6.45, 7) is 2.00. The van der Waals surface area contributed by atoms with Crippen LogP contribution in [0.4, 0.5) is 5.13 Å². The van der Waals surface area contributed by atoms with Gasteiger partial charge in [-0.05, 0) is 30.7 Å². The van der Waals surface area contributed by atoms with E-state index in [1.807, 2.05) is 49.4 Å². The molecule has 0 radical (unpaired) electrons. The van der Waals surface area contributed by atoms with Crippen molar-refractivity contribution in [1.29, 1.82) is 0 Å². The van der Waals surface area contributed by atoms with Gasteiger partial charge in [-0.3, -0.25) is 10.1 Å². The molecule has 0 atom stereocenters. The zero-order chi connectivity index (χ0) is 16.0. The number of anilines is 1. The van der Waals surface area contributed by atoms with E-state index in [9.17, 15) is 4.79 Å². The Morgan fingerprint density at radius 2 is 1.87 bits per heavy atom. The first-order valence-corrected chi connectivity index (χ1v) is 8.99. The molecule has 1 N–H and O–H groups in total. The number of thiazole rings is 1. The minimum atomic E-state index is -0.213. The smallest absolute Gasteiger partial charge is 0.269 e. The monoisotopic (exact) mass is 358 g/mol. The average molecular weight is 359 g/mol. The van der Waals surface area contributed by atoms with Gasteiger partial charge in [0.25, 0.3) is 5.91 Å². The van der Waals surface area contributed by atoms with Crippen molar-refractivity contribution < 1.29 is 4.79 Å². The molecule has 23 heavy (non-hydrogen) atoms. The third-order valence-electron chi connectivity index (χ3n) is 3.59. The van der Waals surface area contributed by atoms with Crippen LogP contribution in [0.5, 0.6) is 0 Å². The van der Waals surface area contributed by atoms with Crippen molar-refractivity contribution in [1.82, 2.24) is 4.98 Å². The highest BCUT2D eigenvalue weighted by atomic mass is 35.5. The van der Waals surface area contributed by atoms with Gasteiger partial charge < -0.3 is 0 Å². The summed E-state index contributed by atoms with van der Waals surface area (Å²) < 4.78 is 2.06. The molecule has 3 nitrogen and oxygen atoms in total. The lowest BCUT2D eigenvalue weighted by Crippen LogP contribution is -2.10. The fraction of sp³-hybridized carbons (Fsp3) is 0.0588. The second kappa shape index (κ2) is 5.60. The second-order valence-electron chi connectivity index (χ2n) is 5.13. The molecule has 114 valence electrons. The van der Waals surface area contributed by atoms with Crippen LogP contribution in [-0.2, 0) is 0 Å². The van der Waals surface area contributed by atoms with Gasteiger partial charge in [0, 0.05) is 10.1 Å². The molecule has 2 aromatic heterocycles. The summed E-state index contributed by atoms with van der Waals surface area (Å²) in [4.78, 5) is 17.5. The number of carbonyl (C=O) groups is 1. The van der Waals surface area contributed by atoms with Gasteiger partial charge in [0.1, 0.15) is 4.88 Å². The van der Waals surface area contributed by atoms with Crippen molar-refractivity contribution in [2.24, 2.45) is 0 Å². The highest BCUT2D eigenvalue weighted by Gasteiger charge is 2.19. The summed E-state index contributed by atoms with van der Waals surface area (Å²) >= 11 is 9.29. The Hall–Kier alpha value is -1.95. The molecule has 4 rings (SSSR count). The Kier molecular flexibility index (Phi) is 3.56. The molecule has 0 unspecified atom stereocenters. The summed E-state index contributed by atoms with van der Waals surface area (Å²) in [7, 11) is 0. The highest BCUT2D eigenvalue weighted by molar-refractivity contribution is 7.23. The third kappa shape index (κ3) is 2.51. The van der Waals surface area contributed by atoms with Gasteiger partial charge in [-0.15, -0.1) is 11.3 Å². The first kappa shape index (κ1) is 14.6. The van der Waals surface area contributed by atoms with Gasteiger partial charge in [-0.2, -0.15) is 0 Å². The van der Waals surface area contributed by atoms with Crippen LogP contribution in [0.25, 0.3) is 20.3 Å². The molecule has 0 aliphatic rings. The number of nitrogens with one attached hydrogen (secondary N) is 1.